The predicted octanol–water partition coefficient (Wildman–Crippen LogP) is 2.72. The van der Waals surface area contributed by atoms with Crippen molar-refractivity contribution in [3.05, 3.63) is 23.8 Å². The van der Waals surface area contributed by atoms with Gasteiger partial charge in [-0.05, 0) is 44.5 Å². The van der Waals surface area contributed by atoms with Gasteiger partial charge in [0.25, 0.3) is 0 Å². The molecule has 1 saturated heterocycles. The normalized spacial score (nSPS) is 19.8. The Morgan fingerprint density at radius 2 is 2.25 bits per heavy atom. The van der Waals surface area contributed by atoms with E-state index >= 15 is 0 Å². The average molecular weight is 276 g/mol. The molecule has 0 radical (unpaired) electrons. The maximum Gasteiger partial charge on any atom is 0.164 e. The van der Waals surface area contributed by atoms with E-state index in [0.29, 0.717) is 29.5 Å². The molecule has 2 rings (SSSR count). The molecule has 1 fully saturated rings. The maximum absolute atomic E-state index is 12.2. The van der Waals surface area contributed by atoms with Crippen LogP contribution in [0.4, 0.5) is 5.69 Å². The summed E-state index contributed by atoms with van der Waals surface area (Å²) in [7, 11) is 1.57. The Morgan fingerprint density at radius 3 is 2.90 bits per heavy atom. The number of methoxy groups -OCH3 is 1. The minimum absolute atomic E-state index is 0.150. The molecule has 4 nitrogen and oxygen atoms in total. The molecule has 1 unspecified atom stereocenters. The number of nitrogens with two attached hydrogens (primary N) is 1. The van der Waals surface area contributed by atoms with Gasteiger partial charge in [-0.3, -0.25) is 4.79 Å². The molecule has 1 aliphatic rings. The van der Waals surface area contributed by atoms with Crippen LogP contribution in [-0.2, 0) is 0 Å². The molecule has 1 atom stereocenters. The Morgan fingerprint density at radius 1 is 1.45 bits per heavy atom. The molecule has 20 heavy (non-hydrogen) atoms. The molecule has 1 aromatic carbocycles. The molecule has 2 N–H and O–H groups in total. The zero-order valence-corrected chi connectivity index (χ0v) is 12.4. The van der Waals surface area contributed by atoms with Gasteiger partial charge in [-0.25, -0.2) is 0 Å². The van der Waals surface area contributed by atoms with E-state index in [0.717, 1.165) is 13.1 Å². The van der Waals surface area contributed by atoms with Gasteiger partial charge in [0.05, 0.1) is 12.8 Å². The number of piperidine rings is 1. The van der Waals surface area contributed by atoms with Gasteiger partial charge >= 0.3 is 0 Å². The predicted molar refractivity (Wildman–Crippen MR) is 81.2 cm³/mol. The van der Waals surface area contributed by atoms with Crippen molar-refractivity contribution < 1.29 is 9.53 Å². The first-order valence-electron chi connectivity index (χ1n) is 7.32. The van der Waals surface area contributed by atoms with E-state index in [2.05, 4.69) is 11.8 Å². The average Bonchev–Trinajstić information content (AvgIpc) is 2.46. The monoisotopic (exact) mass is 276 g/mol. The number of carbonyl (C=O) groups is 1. The van der Waals surface area contributed by atoms with Crippen LogP contribution in [0.15, 0.2) is 18.2 Å². The van der Waals surface area contributed by atoms with Crippen LogP contribution in [0.3, 0.4) is 0 Å². The van der Waals surface area contributed by atoms with Gasteiger partial charge in [-0.15, -0.1) is 0 Å². The van der Waals surface area contributed by atoms with E-state index in [9.17, 15) is 4.79 Å². The SMILES string of the molecule is COc1ccc(C(=O)CCN2CCCCC2C)cc1N. The number of ketones is 1. The Labute approximate surface area is 120 Å². The quantitative estimate of drug-likeness (QED) is 0.663. The number of ether oxygens (including phenoxy) is 1. The number of anilines is 1. The van der Waals surface area contributed by atoms with Gasteiger partial charge in [0.15, 0.2) is 5.78 Å². The first-order valence-corrected chi connectivity index (χ1v) is 7.32. The lowest BCUT2D eigenvalue weighted by Crippen LogP contribution is -2.38. The van der Waals surface area contributed by atoms with Crippen molar-refractivity contribution in [1.82, 2.24) is 4.90 Å². The molecule has 0 bridgehead atoms. The molecule has 1 aromatic rings. The van der Waals surface area contributed by atoms with E-state index in [4.69, 9.17) is 10.5 Å². The smallest absolute Gasteiger partial charge is 0.164 e. The van der Waals surface area contributed by atoms with Crippen LogP contribution in [-0.4, -0.2) is 36.9 Å². The molecule has 0 saturated carbocycles. The minimum Gasteiger partial charge on any atom is -0.495 e. The van der Waals surface area contributed by atoms with Crippen LogP contribution in [0.2, 0.25) is 0 Å². The Kier molecular flexibility index (Phi) is 5.01. The zero-order chi connectivity index (χ0) is 14.5. The number of carbonyl (C=O) groups excluding carboxylic acids is 1. The highest BCUT2D eigenvalue weighted by atomic mass is 16.5. The standard InChI is InChI=1S/C16H24N2O2/c1-12-5-3-4-9-18(12)10-8-15(19)13-6-7-16(20-2)14(17)11-13/h6-7,11-12H,3-5,8-10,17H2,1-2H3. The molecule has 0 spiro atoms. The molecular weight excluding hydrogens is 252 g/mol. The lowest BCUT2D eigenvalue weighted by atomic mass is 10.0. The number of hydrogen-bond donors (Lipinski definition) is 1. The van der Waals surface area contributed by atoms with Crippen LogP contribution in [0.1, 0.15) is 43.0 Å². The van der Waals surface area contributed by atoms with E-state index in [1.54, 1.807) is 25.3 Å². The van der Waals surface area contributed by atoms with Crippen molar-refractivity contribution in [2.24, 2.45) is 0 Å². The second-order valence-corrected chi connectivity index (χ2v) is 5.51. The summed E-state index contributed by atoms with van der Waals surface area (Å²) in [6, 6.07) is 5.85. The number of rotatable bonds is 5. The van der Waals surface area contributed by atoms with Gasteiger partial charge < -0.3 is 15.4 Å². The summed E-state index contributed by atoms with van der Waals surface area (Å²) in [5, 5.41) is 0. The van der Waals surface area contributed by atoms with Crippen molar-refractivity contribution in [3.8, 4) is 5.75 Å². The lowest BCUT2D eigenvalue weighted by Gasteiger charge is -2.33. The Balaban J connectivity index is 1.93. The minimum atomic E-state index is 0.150. The van der Waals surface area contributed by atoms with E-state index in [1.165, 1.54) is 19.3 Å². The van der Waals surface area contributed by atoms with Gasteiger partial charge in [0.1, 0.15) is 5.75 Å². The van der Waals surface area contributed by atoms with Crippen LogP contribution in [0, 0.1) is 0 Å². The molecule has 0 aromatic heterocycles. The number of Topliss-reactive ketones (excluding diaryl/α,β-unsaturated/α-hetero) is 1. The third-order valence-electron chi connectivity index (χ3n) is 4.12. The zero-order valence-electron chi connectivity index (χ0n) is 12.4. The molecule has 1 aliphatic heterocycles. The van der Waals surface area contributed by atoms with Crippen LogP contribution < -0.4 is 10.5 Å². The third kappa shape index (κ3) is 3.51. The number of benzene rings is 1. The first-order chi connectivity index (χ1) is 9.61. The largest absolute Gasteiger partial charge is 0.495 e. The van der Waals surface area contributed by atoms with Gasteiger partial charge in [0, 0.05) is 24.6 Å². The summed E-state index contributed by atoms with van der Waals surface area (Å²) < 4.78 is 5.10. The van der Waals surface area contributed by atoms with Crippen LogP contribution in [0.5, 0.6) is 5.75 Å². The first kappa shape index (κ1) is 14.9. The molecule has 1 heterocycles. The Hall–Kier alpha value is -1.55. The summed E-state index contributed by atoms with van der Waals surface area (Å²) in [5.74, 6) is 0.767. The van der Waals surface area contributed by atoms with Gasteiger partial charge in [0.2, 0.25) is 0 Å². The topological polar surface area (TPSA) is 55.6 Å². The molecule has 0 aliphatic carbocycles. The second-order valence-electron chi connectivity index (χ2n) is 5.51. The molecule has 110 valence electrons. The summed E-state index contributed by atoms with van der Waals surface area (Å²) in [6.45, 7) is 4.19. The maximum atomic E-state index is 12.2. The summed E-state index contributed by atoms with van der Waals surface area (Å²) >= 11 is 0. The molecule has 4 heteroatoms. The van der Waals surface area contributed by atoms with Crippen molar-refractivity contribution in [3.63, 3.8) is 0 Å². The Bertz CT molecular complexity index is 474. The highest BCUT2D eigenvalue weighted by molar-refractivity contribution is 5.97. The van der Waals surface area contributed by atoms with Crippen molar-refractivity contribution in [1.29, 1.82) is 0 Å². The fraction of sp³-hybridized carbons (Fsp3) is 0.562. The van der Waals surface area contributed by atoms with Crippen molar-refractivity contribution in [2.75, 3.05) is 25.9 Å². The second kappa shape index (κ2) is 6.75. The van der Waals surface area contributed by atoms with Gasteiger partial charge in [-0.1, -0.05) is 6.42 Å². The van der Waals surface area contributed by atoms with Crippen LogP contribution >= 0.6 is 0 Å². The molecular formula is C16H24N2O2. The van der Waals surface area contributed by atoms with Gasteiger partial charge in [-0.2, -0.15) is 0 Å². The van der Waals surface area contributed by atoms with E-state index < -0.39 is 0 Å². The highest BCUT2D eigenvalue weighted by Gasteiger charge is 2.19. The number of likely N-dealkylation sites (tertiary alicyclic amines) is 1. The van der Waals surface area contributed by atoms with E-state index in [1.807, 2.05) is 0 Å². The van der Waals surface area contributed by atoms with Crippen molar-refractivity contribution >= 4 is 11.5 Å². The highest BCUT2D eigenvalue weighted by Crippen LogP contribution is 2.23. The fourth-order valence-electron chi connectivity index (χ4n) is 2.79. The number of hydrogen-bond acceptors (Lipinski definition) is 4. The number of nitrogen functional groups attached to an aromatic ring is 1. The lowest BCUT2D eigenvalue weighted by molar-refractivity contribution is 0.0935. The summed E-state index contributed by atoms with van der Waals surface area (Å²) in [5.41, 5.74) is 7.04. The third-order valence-corrected chi connectivity index (χ3v) is 4.12. The van der Waals surface area contributed by atoms with Crippen molar-refractivity contribution in [2.45, 2.75) is 38.6 Å². The van der Waals surface area contributed by atoms with E-state index in [-0.39, 0.29) is 5.78 Å². The van der Waals surface area contributed by atoms with Crippen LogP contribution in [0.25, 0.3) is 0 Å². The fourth-order valence-corrected chi connectivity index (χ4v) is 2.79. The summed E-state index contributed by atoms with van der Waals surface area (Å²) in [6.07, 6.45) is 4.34. The molecule has 0 amide bonds. The summed E-state index contributed by atoms with van der Waals surface area (Å²) in [4.78, 5) is 14.6. The number of nitrogens with zero attached hydrogens (tertiary/aromatic N) is 1.